The summed E-state index contributed by atoms with van der Waals surface area (Å²) in [6, 6.07) is 12.9. The maximum atomic E-state index is 12.9. The number of rotatable bonds is 3. The van der Waals surface area contributed by atoms with Gasteiger partial charge in [-0.1, -0.05) is 18.2 Å². The van der Waals surface area contributed by atoms with Gasteiger partial charge in [-0.15, -0.1) is 0 Å². The Morgan fingerprint density at radius 3 is 2.58 bits per heavy atom. The molecule has 6 nitrogen and oxygen atoms in total. The van der Waals surface area contributed by atoms with Crippen molar-refractivity contribution in [2.75, 3.05) is 16.8 Å². The van der Waals surface area contributed by atoms with Gasteiger partial charge in [0.15, 0.2) is 0 Å². The maximum Gasteiger partial charge on any atom is 0.416 e. The Kier molecular flexibility index (Phi) is 5.10. The molecule has 31 heavy (non-hydrogen) atoms. The van der Waals surface area contributed by atoms with Crippen molar-refractivity contribution in [1.82, 2.24) is 9.78 Å². The van der Waals surface area contributed by atoms with Gasteiger partial charge < -0.3 is 5.32 Å². The molecule has 2 amide bonds. The molecule has 0 fully saturated rings. The molecule has 1 aliphatic heterocycles. The first-order chi connectivity index (χ1) is 14.7. The van der Waals surface area contributed by atoms with E-state index in [1.54, 1.807) is 40.0 Å². The molecule has 1 aromatic heterocycles. The summed E-state index contributed by atoms with van der Waals surface area (Å²) in [5.41, 5.74) is 0.900. The molecule has 0 aliphatic carbocycles. The van der Waals surface area contributed by atoms with Gasteiger partial charge in [0.2, 0.25) is 5.91 Å². The van der Waals surface area contributed by atoms with Crippen LogP contribution in [0.1, 0.15) is 28.4 Å². The van der Waals surface area contributed by atoms with Crippen molar-refractivity contribution in [3.8, 4) is 0 Å². The second kappa shape index (κ2) is 7.75. The quantitative estimate of drug-likeness (QED) is 0.675. The van der Waals surface area contributed by atoms with Crippen molar-refractivity contribution in [2.24, 2.45) is 0 Å². The van der Waals surface area contributed by atoms with E-state index in [-0.39, 0.29) is 11.5 Å². The first kappa shape index (κ1) is 20.4. The van der Waals surface area contributed by atoms with Gasteiger partial charge >= 0.3 is 6.18 Å². The summed E-state index contributed by atoms with van der Waals surface area (Å²) >= 11 is 0. The number of alkyl halides is 3. The molecule has 3 aromatic rings. The van der Waals surface area contributed by atoms with E-state index < -0.39 is 17.6 Å². The van der Waals surface area contributed by atoms with Crippen LogP contribution in [0.25, 0.3) is 5.70 Å². The van der Waals surface area contributed by atoms with Gasteiger partial charge in [-0.3, -0.25) is 14.5 Å². The number of hydrogen-bond acceptors (Lipinski definition) is 3. The van der Waals surface area contributed by atoms with Crippen LogP contribution in [-0.4, -0.2) is 28.1 Å². The van der Waals surface area contributed by atoms with Crippen molar-refractivity contribution in [3.63, 3.8) is 0 Å². The largest absolute Gasteiger partial charge is 0.416 e. The topological polar surface area (TPSA) is 67.2 Å². The number of aromatic nitrogens is 2. The average Bonchev–Trinajstić information content (AvgIpc) is 3.22. The average molecular weight is 426 g/mol. The normalized spacial score (nSPS) is 13.4. The zero-order valence-corrected chi connectivity index (χ0v) is 16.3. The minimum absolute atomic E-state index is 0.0939. The van der Waals surface area contributed by atoms with E-state index in [0.717, 1.165) is 23.4 Å². The van der Waals surface area contributed by atoms with Crippen molar-refractivity contribution in [2.45, 2.75) is 13.1 Å². The standard InChI is InChI=1S/C22H17F3N4O2/c1-14(30)28-11-9-19(29-20(28)8-10-26-29)15-4-3-7-18(13-15)27-21(31)16-5-2-6-17(12-16)22(23,24)25/h2-10,12-13H,11H2,1H3,(H,27,31). The van der Waals surface area contributed by atoms with Crippen LogP contribution in [0.15, 0.2) is 66.9 Å². The number of anilines is 2. The zero-order valence-electron chi connectivity index (χ0n) is 16.3. The highest BCUT2D eigenvalue weighted by Gasteiger charge is 2.31. The molecule has 9 heteroatoms. The Morgan fingerprint density at radius 2 is 1.84 bits per heavy atom. The van der Waals surface area contributed by atoms with Crippen molar-refractivity contribution in [3.05, 3.63) is 83.6 Å². The van der Waals surface area contributed by atoms with Gasteiger partial charge in [0.1, 0.15) is 5.82 Å². The van der Waals surface area contributed by atoms with E-state index in [4.69, 9.17) is 0 Å². The molecular formula is C22H17F3N4O2. The number of nitrogens with zero attached hydrogens (tertiary/aromatic N) is 3. The summed E-state index contributed by atoms with van der Waals surface area (Å²) in [6.07, 6.45) is -1.10. The number of nitrogens with one attached hydrogen (secondary N) is 1. The smallest absolute Gasteiger partial charge is 0.322 e. The Balaban J connectivity index is 1.59. The molecule has 0 unspecified atom stereocenters. The molecule has 0 atom stereocenters. The summed E-state index contributed by atoms with van der Waals surface area (Å²) in [4.78, 5) is 25.9. The third kappa shape index (κ3) is 4.07. The number of benzene rings is 2. The van der Waals surface area contributed by atoms with Gasteiger partial charge in [-0.25, -0.2) is 4.68 Å². The van der Waals surface area contributed by atoms with E-state index in [0.29, 0.717) is 18.1 Å². The van der Waals surface area contributed by atoms with Gasteiger partial charge in [0.05, 0.1) is 17.5 Å². The first-order valence-electron chi connectivity index (χ1n) is 9.36. The molecule has 0 radical (unpaired) electrons. The zero-order chi connectivity index (χ0) is 22.2. The second-order valence-electron chi connectivity index (χ2n) is 6.93. The van der Waals surface area contributed by atoms with Crippen molar-refractivity contribution in [1.29, 1.82) is 0 Å². The minimum atomic E-state index is -4.53. The van der Waals surface area contributed by atoms with Crippen molar-refractivity contribution >= 4 is 29.0 Å². The van der Waals surface area contributed by atoms with Gasteiger partial charge in [0, 0.05) is 36.3 Å². The predicted molar refractivity (Wildman–Crippen MR) is 109 cm³/mol. The summed E-state index contributed by atoms with van der Waals surface area (Å²) in [5, 5.41) is 6.91. The Bertz CT molecular complexity index is 1200. The van der Waals surface area contributed by atoms with Gasteiger partial charge in [-0.05, 0) is 36.4 Å². The van der Waals surface area contributed by atoms with Crippen LogP contribution in [0.2, 0.25) is 0 Å². The SMILES string of the molecule is CC(=O)N1CC=C(c2cccc(NC(=O)c3cccc(C(F)(F)F)c3)c2)n2nccc21. The molecule has 2 aromatic carbocycles. The number of halogens is 3. The van der Waals surface area contributed by atoms with Crippen LogP contribution < -0.4 is 10.2 Å². The molecular weight excluding hydrogens is 409 g/mol. The van der Waals surface area contributed by atoms with E-state index in [1.807, 2.05) is 12.1 Å². The third-order valence-electron chi connectivity index (χ3n) is 4.84. The van der Waals surface area contributed by atoms with Crippen LogP contribution in [0.4, 0.5) is 24.7 Å². The fraction of sp³-hybridized carbons (Fsp3) is 0.136. The predicted octanol–water partition coefficient (Wildman–Crippen LogP) is 4.41. The Morgan fingerprint density at radius 1 is 1.06 bits per heavy atom. The lowest BCUT2D eigenvalue weighted by Gasteiger charge is -2.26. The number of carbonyl (C=O) groups excluding carboxylic acids is 2. The van der Waals surface area contributed by atoms with Crippen LogP contribution >= 0.6 is 0 Å². The third-order valence-corrected chi connectivity index (χ3v) is 4.84. The van der Waals surface area contributed by atoms with Crippen LogP contribution in [0, 0.1) is 0 Å². The molecule has 1 aliphatic rings. The number of carbonyl (C=O) groups is 2. The van der Waals surface area contributed by atoms with Crippen LogP contribution in [0.3, 0.4) is 0 Å². The Hall–Kier alpha value is -3.88. The van der Waals surface area contributed by atoms with Gasteiger partial charge in [-0.2, -0.15) is 18.3 Å². The summed E-state index contributed by atoms with van der Waals surface area (Å²) < 4.78 is 40.4. The highest BCUT2D eigenvalue weighted by molar-refractivity contribution is 6.04. The fourth-order valence-electron chi connectivity index (χ4n) is 3.37. The monoisotopic (exact) mass is 426 g/mol. The van der Waals surface area contributed by atoms with Gasteiger partial charge in [0.25, 0.3) is 5.91 Å². The maximum absolute atomic E-state index is 12.9. The Labute approximate surface area is 175 Å². The molecule has 158 valence electrons. The minimum Gasteiger partial charge on any atom is -0.322 e. The van der Waals surface area contributed by atoms with Crippen LogP contribution in [0.5, 0.6) is 0 Å². The fourth-order valence-corrected chi connectivity index (χ4v) is 3.37. The summed E-state index contributed by atoms with van der Waals surface area (Å²) in [5.74, 6) is -0.133. The van der Waals surface area contributed by atoms with E-state index in [1.165, 1.54) is 19.1 Å². The van der Waals surface area contributed by atoms with E-state index in [9.17, 15) is 22.8 Å². The lowest BCUT2D eigenvalue weighted by molar-refractivity contribution is -0.137. The molecule has 0 spiro atoms. The molecule has 2 heterocycles. The van der Waals surface area contributed by atoms with E-state index >= 15 is 0 Å². The number of amides is 2. The van der Waals surface area contributed by atoms with Crippen LogP contribution in [-0.2, 0) is 11.0 Å². The highest BCUT2D eigenvalue weighted by atomic mass is 19.4. The second-order valence-corrected chi connectivity index (χ2v) is 6.93. The summed E-state index contributed by atoms with van der Waals surface area (Å²) in [7, 11) is 0. The molecule has 1 N–H and O–H groups in total. The molecule has 0 bridgehead atoms. The lowest BCUT2D eigenvalue weighted by Crippen LogP contribution is -2.33. The number of fused-ring (bicyclic) bond motifs is 1. The lowest BCUT2D eigenvalue weighted by atomic mass is 10.1. The first-order valence-corrected chi connectivity index (χ1v) is 9.36. The van der Waals surface area contributed by atoms with E-state index in [2.05, 4.69) is 10.4 Å². The molecule has 0 saturated carbocycles. The van der Waals surface area contributed by atoms with Crippen molar-refractivity contribution < 1.29 is 22.8 Å². The number of hydrogen-bond donors (Lipinski definition) is 1. The molecule has 4 rings (SSSR count). The molecule has 0 saturated heterocycles. The highest BCUT2D eigenvalue weighted by Crippen LogP contribution is 2.31. The summed E-state index contributed by atoms with van der Waals surface area (Å²) in [6.45, 7) is 1.84.